The zero-order chi connectivity index (χ0) is 11.1. The number of methoxy groups -OCH3 is 1. The lowest BCUT2D eigenvalue weighted by atomic mass is 9.98. The molecule has 0 fully saturated rings. The lowest BCUT2D eigenvalue weighted by Gasteiger charge is -2.21. The molecule has 2 heteroatoms. The Bertz CT molecular complexity index is 267. The van der Waals surface area contributed by atoms with Crippen LogP contribution in [0.25, 0.3) is 0 Å². The Morgan fingerprint density at radius 1 is 1.27 bits per heavy atom. The zero-order valence-electron chi connectivity index (χ0n) is 9.57. The summed E-state index contributed by atoms with van der Waals surface area (Å²) in [6.45, 7) is 2.23. The van der Waals surface area contributed by atoms with Crippen molar-refractivity contribution in [3.05, 3.63) is 35.9 Å². The highest BCUT2D eigenvalue weighted by Crippen LogP contribution is 2.14. The Labute approximate surface area is 91.9 Å². The third-order valence-electron chi connectivity index (χ3n) is 2.48. The summed E-state index contributed by atoms with van der Waals surface area (Å²) in [5.41, 5.74) is 0.634. The van der Waals surface area contributed by atoms with E-state index in [-0.39, 0.29) is 0 Å². The first-order valence-corrected chi connectivity index (χ1v) is 5.39. The van der Waals surface area contributed by atoms with Crippen LogP contribution in [0.5, 0.6) is 0 Å². The lowest BCUT2D eigenvalue weighted by Crippen LogP contribution is -2.30. The molecule has 0 aliphatic rings. The highest BCUT2D eigenvalue weighted by molar-refractivity contribution is 5.14. The van der Waals surface area contributed by atoms with Gasteiger partial charge in [0.1, 0.15) is 0 Å². The van der Waals surface area contributed by atoms with Crippen molar-refractivity contribution in [2.24, 2.45) is 0 Å². The first-order chi connectivity index (χ1) is 7.14. The van der Waals surface area contributed by atoms with Gasteiger partial charge in [0, 0.05) is 7.11 Å². The largest absolute Gasteiger partial charge is 0.388 e. The van der Waals surface area contributed by atoms with Crippen LogP contribution in [-0.4, -0.2) is 24.4 Å². The molecule has 1 aromatic rings. The standard InChI is InChI=1S/C13H20O2/c1-13(14,11-15-2)10-6-9-12-7-4-3-5-8-12/h3-5,7-8,14H,6,9-11H2,1-2H3. The van der Waals surface area contributed by atoms with Gasteiger partial charge in [-0.1, -0.05) is 30.3 Å². The van der Waals surface area contributed by atoms with Crippen molar-refractivity contribution in [3.8, 4) is 0 Å². The molecule has 1 rings (SSSR count). The van der Waals surface area contributed by atoms with Gasteiger partial charge in [0.25, 0.3) is 0 Å². The Hall–Kier alpha value is -0.860. The summed E-state index contributed by atoms with van der Waals surface area (Å²) in [6, 6.07) is 10.3. The fraction of sp³-hybridized carbons (Fsp3) is 0.538. The van der Waals surface area contributed by atoms with Crippen LogP contribution in [0, 0.1) is 0 Å². The molecule has 15 heavy (non-hydrogen) atoms. The van der Waals surface area contributed by atoms with E-state index in [1.807, 2.05) is 25.1 Å². The maximum absolute atomic E-state index is 9.87. The summed E-state index contributed by atoms with van der Waals surface area (Å²) in [6.07, 6.45) is 2.77. The predicted molar refractivity (Wildman–Crippen MR) is 61.9 cm³/mol. The second-order valence-corrected chi connectivity index (χ2v) is 4.27. The number of hydrogen-bond donors (Lipinski definition) is 1. The van der Waals surface area contributed by atoms with Crippen LogP contribution in [0.1, 0.15) is 25.3 Å². The minimum absolute atomic E-state index is 0.405. The second kappa shape index (κ2) is 5.89. The summed E-state index contributed by atoms with van der Waals surface area (Å²) in [5.74, 6) is 0. The average Bonchev–Trinajstić information content (AvgIpc) is 2.19. The van der Waals surface area contributed by atoms with Gasteiger partial charge in [-0.25, -0.2) is 0 Å². The van der Waals surface area contributed by atoms with E-state index in [0.29, 0.717) is 6.61 Å². The zero-order valence-corrected chi connectivity index (χ0v) is 9.57. The minimum Gasteiger partial charge on any atom is -0.388 e. The minimum atomic E-state index is -0.691. The highest BCUT2D eigenvalue weighted by atomic mass is 16.5. The molecule has 0 radical (unpaired) electrons. The van der Waals surface area contributed by atoms with Crippen LogP contribution in [-0.2, 0) is 11.2 Å². The number of ether oxygens (including phenoxy) is 1. The Morgan fingerprint density at radius 2 is 1.93 bits per heavy atom. The number of benzene rings is 1. The van der Waals surface area contributed by atoms with Crippen molar-refractivity contribution >= 4 is 0 Å². The molecule has 0 heterocycles. The van der Waals surface area contributed by atoms with Crippen LogP contribution in [0.4, 0.5) is 0 Å². The fourth-order valence-electron chi connectivity index (χ4n) is 1.70. The van der Waals surface area contributed by atoms with Crippen molar-refractivity contribution in [2.45, 2.75) is 31.8 Å². The Kier molecular flexibility index (Phi) is 4.79. The molecule has 0 aliphatic heterocycles. The van der Waals surface area contributed by atoms with E-state index in [9.17, 15) is 5.11 Å². The Balaban J connectivity index is 2.27. The van der Waals surface area contributed by atoms with Crippen LogP contribution in [0.15, 0.2) is 30.3 Å². The maximum Gasteiger partial charge on any atom is 0.0852 e. The SMILES string of the molecule is COCC(C)(O)CCCc1ccccc1. The molecule has 0 spiro atoms. The van der Waals surface area contributed by atoms with Gasteiger partial charge in [-0.15, -0.1) is 0 Å². The topological polar surface area (TPSA) is 29.5 Å². The van der Waals surface area contributed by atoms with E-state index >= 15 is 0 Å². The van der Waals surface area contributed by atoms with Gasteiger partial charge in [0.15, 0.2) is 0 Å². The van der Waals surface area contributed by atoms with E-state index in [0.717, 1.165) is 19.3 Å². The highest BCUT2D eigenvalue weighted by Gasteiger charge is 2.18. The van der Waals surface area contributed by atoms with Crippen LogP contribution < -0.4 is 0 Å². The summed E-state index contributed by atoms with van der Waals surface area (Å²) in [7, 11) is 1.62. The molecule has 0 saturated heterocycles. The second-order valence-electron chi connectivity index (χ2n) is 4.27. The monoisotopic (exact) mass is 208 g/mol. The van der Waals surface area contributed by atoms with Gasteiger partial charge in [0.2, 0.25) is 0 Å². The molecule has 84 valence electrons. The molecule has 1 N–H and O–H groups in total. The summed E-state index contributed by atoms with van der Waals surface area (Å²) in [4.78, 5) is 0. The predicted octanol–water partition coefficient (Wildman–Crippen LogP) is 2.41. The van der Waals surface area contributed by atoms with Gasteiger partial charge in [-0.3, -0.25) is 0 Å². The van der Waals surface area contributed by atoms with Crippen molar-refractivity contribution in [2.75, 3.05) is 13.7 Å². The van der Waals surface area contributed by atoms with Crippen molar-refractivity contribution in [3.63, 3.8) is 0 Å². The molecule has 1 unspecified atom stereocenters. The van der Waals surface area contributed by atoms with E-state index in [2.05, 4.69) is 12.1 Å². The first kappa shape index (κ1) is 12.2. The van der Waals surface area contributed by atoms with Crippen molar-refractivity contribution in [1.82, 2.24) is 0 Å². The van der Waals surface area contributed by atoms with Gasteiger partial charge in [0.05, 0.1) is 12.2 Å². The van der Waals surface area contributed by atoms with Gasteiger partial charge in [-0.2, -0.15) is 0 Å². The number of rotatable bonds is 6. The number of aryl methyl sites for hydroxylation is 1. The average molecular weight is 208 g/mol. The van der Waals surface area contributed by atoms with Gasteiger partial charge >= 0.3 is 0 Å². The van der Waals surface area contributed by atoms with E-state index < -0.39 is 5.60 Å². The Morgan fingerprint density at radius 3 is 2.53 bits per heavy atom. The van der Waals surface area contributed by atoms with Crippen LogP contribution in [0.3, 0.4) is 0 Å². The van der Waals surface area contributed by atoms with E-state index in [1.54, 1.807) is 7.11 Å². The van der Waals surface area contributed by atoms with Crippen LogP contribution >= 0.6 is 0 Å². The van der Waals surface area contributed by atoms with Crippen LogP contribution in [0.2, 0.25) is 0 Å². The van der Waals surface area contributed by atoms with Crippen molar-refractivity contribution < 1.29 is 9.84 Å². The molecule has 1 aromatic carbocycles. The van der Waals surface area contributed by atoms with Gasteiger partial charge < -0.3 is 9.84 Å². The molecule has 1 atom stereocenters. The number of hydrogen-bond acceptors (Lipinski definition) is 2. The lowest BCUT2D eigenvalue weighted by molar-refractivity contribution is -0.0237. The third kappa shape index (κ3) is 4.96. The molecule has 0 amide bonds. The third-order valence-corrected chi connectivity index (χ3v) is 2.48. The smallest absolute Gasteiger partial charge is 0.0852 e. The molecule has 0 bridgehead atoms. The summed E-state index contributed by atoms with van der Waals surface area (Å²) >= 11 is 0. The molecular formula is C13H20O2. The normalized spacial score (nSPS) is 14.9. The fourth-order valence-corrected chi connectivity index (χ4v) is 1.70. The molecule has 2 nitrogen and oxygen atoms in total. The number of aliphatic hydroxyl groups is 1. The van der Waals surface area contributed by atoms with Crippen molar-refractivity contribution in [1.29, 1.82) is 0 Å². The maximum atomic E-state index is 9.87. The molecule has 0 aliphatic carbocycles. The van der Waals surface area contributed by atoms with Gasteiger partial charge in [-0.05, 0) is 31.7 Å². The summed E-state index contributed by atoms with van der Waals surface area (Å²) < 4.78 is 4.96. The molecule has 0 saturated carbocycles. The summed E-state index contributed by atoms with van der Waals surface area (Å²) in [5, 5.41) is 9.87. The molecular weight excluding hydrogens is 188 g/mol. The molecule has 0 aromatic heterocycles. The van der Waals surface area contributed by atoms with E-state index in [4.69, 9.17) is 4.74 Å². The first-order valence-electron chi connectivity index (χ1n) is 5.39. The van der Waals surface area contributed by atoms with E-state index in [1.165, 1.54) is 5.56 Å². The quantitative estimate of drug-likeness (QED) is 0.778.